The second-order valence-electron chi connectivity index (χ2n) is 7.36. The van der Waals surface area contributed by atoms with Gasteiger partial charge in [-0.05, 0) is 67.2 Å². The Morgan fingerprint density at radius 1 is 1.13 bits per heavy atom. The molecule has 1 aromatic heterocycles. The number of halogens is 1. The fourth-order valence-corrected chi connectivity index (χ4v) is 3.87. The van der Waals surface area contributed by atoms with E-state index in [0.717, 1.165) is 35.2 Å². The summed E-state index contributed by atoms with van der Waals surface area (Å²) in [5, 5.41) is 1.39. The molecule has 5 nitrogen and oxygen atoms in total. The van der Waals surface area contributed by atoms with Crippen LogP contribution in [0.2, 0.25) is 5.02 Å². The topological polar surface area (TPSA) is 82.3 Å². The molecule has 0 bridgehead atoms. The van der Waals surface area contributed by atoms with Crippen molar-refractivity contribution in [2.75, 3.05) is 0 Å². The van der Waals surface area contributed by atoms with Gasteiger partial charge < -0.3 is 10.5 Å². The minimum Gasteiger partial charge on any atom is -0.449 e. The third-order valence-corrected chi connectivity index (χ3v) is 5.52. The van der Waals surface area contributed by atoms with Crippen LogP contribution in [0.15, 0.2) is 48.5 Å². The molecule has 0 unspecified atom stereocenters. The zero-order valence-electron chi connectivity index (χ0n) is 16.5. The molecule has 0 spiro atoms. The Kier molecular flexibility index (Phi) is 5.55. The van der Waals surface area contributed by atoms with E-state index in [9.17, 15) is 9.59 Å². The number of pyridine rings is 1. The van der Waals surface area contributed by atoms with Crippen LogP contribution in [0.1, 0.15) is 46.9 Å². The number of para-hydroxylation sites is 1. The highest BCUT2D eigenvalue weighted by Crippen LogP contribution is 2.36. The summed E-state index contributed by atoms with van der Waals surface area (Å²) < 4.78 is 5.36. The minimum absolute atomic E-state index is 0.463. The number of benzene rings is 2. The van der Waals surface area contributed by atoms with Crippen molar-refractivity contribution >= 4 is 46.0 Å². The Labute approximate surface area is 179 Å². The number of hydrogen-bond donors (Lipinski definition) is 1. The quantitative estimate of drug-likeness (QED) is 0.615. The molecule has 6 heteroatoms. The fourth-order valence-electron chi connectivity index (χ4n) is 3.75. The van der Waals surface area contributed by atoms with Crippen LogP contribution in [-0.4, -0.2) is 23.0 Å². The third kappa shape index (κ3) is 3.94. The Morgan fingerprint density at radius 3 is 2.60 bits per heavy atom. The predicted molar refractivity (Wildman–Crippen MR) is 118 cm³/mol. The van der Waals surface area contributed by atoms with Gasteiger partial charge in [-0.1, -0.05) is 41.9 Å². The summed E-state index contributed by atoms with van der Waals surface area (Å²) in [6.45, 7) is 1.47. The van der Waals surface area contributed by atoms with Gasteiger partial charge in [0.15, 0.2) is 6.10 Å². The van der Waals surface area contributed by atoms with Crippen molar-refractivity contribution in [3.63, 3.8) is 0 Å². The van der Waals surface area contributed by atoms with Crippen molar-refractivity contribution in [2.24, 2.45) is 5.73 Å². The van der Waals surface area contributed by atoms with Gasteiger partial charge in [-0.15, -0.1) is 0 Å². The first-order valence-electron chi connectivity index (χ1n) is 9.82. The number of rotatable bonds is 4. The summed E-state index contributed by atoms with van der Waals surface area (Å²) >= 11 is 6.00. The number of nitrogens with two attached hydrogens (primary N) is 1. The second kappa shape index (κ2) is 8.28. The highest BCUT2D eigenvalue weighted by atomic mass is 35.5. The Bertz CT molecular complexity index is 1170. The Balaban J connectivity index is 1.87. The van der Waals surface area contributed by atoms with Crippen LogP contribution in [0.4, 0.5) is 0 Å². The number of esters is 1. The van der Waals surface area contributed by atoms with Gasteiger partial charge in [0.05, 0.1) is 16.8 Å². The van der Waals surface area contributed by atoms with Gasteiger partial charge >= 0.3 is 5.97 Å². The molecule has 0 fully saturated rings. The lowest BCUT2D eigenvalue weighted by molar-refractivity contribution is -0.125. The number of aromatic nitrogens is 1. The Morgan fingerprint density at radius 2 is 1.87 bits per heavy atom. The molecule has 3 aromatic rings. The monoisotopic (exact) mass is 420 g/mol. The average Bonchev–Trinajstić information content (AvgIpc) is 2.73. The lowest BCUT2D eigenvalue weighted by Gasteiger charge is -2.23. The number of nitrogens with zero attached hydrogens (tertiary/aromatic N) is 1. The van der Waals surface area contributed by atoms with Crippen LogP contribution in [0.25, 0.3) is 22.6 Å². The summed E-state index contributed by atoms with van der Waals surface area (Å²) in [5.41, 5.74) is 10.2. The minimum atomic E-state index is -1.01. The molecule has 0 saturated carbocycles. The van der Waals surface area contributed by atoms with E-state index in [0.29, 0.717) is 27.9 Å². The number of allylic oxidation sites excluding steroid dienone is 1. The van der Waals surface area contributed by atoms with Gasteiger partial charge in [0.1, 0.15) is 0 Å². The first kappa shape index (κ1) is 20.1. The number of primary amides is 1. The first-order chi connectivity index (χ1) is 14.4. The molecule has 2 N–H and O–H groups in total. The van der Waals surface area contributed by atoms with Crippen LogP contribution >= 0.6 is 11.6 Å². The number of ether oxygens (including phenoxy) is 1. The van der Waals surface area contributed by atoms with E-state index >= 15 is 0 Å². The third-order valence-electron chi connectivity index (χ3n) is 5.27. The van der Waals surface area contributed by atoms with Gasteiger partial charge in [0, 0.05) is 10.4 Å². The van der Waals surface area contributed by atoms with Crippen molar-refractivity contribution in [1.29, 1.82) is 0 Å². The van der Waals surface area contributed by atoms with E-state index in [4.69, 9.17) is 27.1 Å². The molecular weight excluding hydrogens is 400 g/mol. The van der Waals surface area contributed by atoms with Crippen LogP contribution in [-0.2, 0) is 16.0 Å². The maximum atomic E-state index is 13.1. The zero-order valence-corrected chi connectivity index (χ0v) is 17.3. The molecule has 1 heterocycles. The standard InChI is InChI=1S/C24H21ClN2O3/c1-14(23(26)28)30-24(29)21-18-6-2-3-8-20(18)27-22-16(5-4-7-19(21)22)13-15-9-11-17(25)12-10-15/h2-3,6,8-14H,4-5,7H2,1H3,(H2,26,28)/b16-13+/t14-/m0/s1. The molecule has 0 radical (unpaired) electrons. The number of amides is 1. The summed E-state index contributed by atoms with van der Waals surface area (Å²) in [6.07, 6.45) is 3.52. The van der Waals surface area contributed by atoms with E-state index in [-0.39, 0.29) is 0 Å². The van der Waals surface area contributed by atoms with Crippen LogP contribution in [0.5, 0.6) is 0 Å². The summed E-state index contributed by atoms with van der Waals surface area (Å²) in [5.74, 6) is -1.23. The summed E-state index contributed by atoms with van der Waals surface area (Å²) in [4.78, 5) is 29.3. The molecule has 1 aliphatic rings. The van der Waals surface area contributed by atoms with Crippen molar-refractivity contribution < 1.29 is 14.3 Å². The first-order valence-corrected chi connectivity index (χ1v) is 10.2. The average molecular weight is 421 g/mol. The molecular formula is C24H21ClN2O3. The van der Waals surface area contributed by atoms with Gasteiger partial charge in [0.2, 0.25) is 0 Å². The molecule has 30 heavy (non-hydrogen) atoms. The highest BCUT2D eigenvalue weighted by Gasteiger charge is 2.27. The van der Waals surface area contributed by atoms with Crippen LogP contribution < -0.4 is 5.73 Å². The van der Waals surface area contributed by atoms with E-state index in [1.807, 2.05) is 48.5 Å². The van der Waals surface area contributed by atoms with E-state index in [1.54, 1.807) is 0 Å². The van der Waals surface area contributed by atoms with Crippen LogP contribution in [0.3, 0.4) is 0 Å². The molecule has 1 amide bonds. The molecule has 152 valence electrons. The summed E-state index contributed by atoms with van der Waals surface area (Å²) in [6, 6.07) is 15.1. The highest BCUT2D eigenvalue weighted by molar-refractivity contribution is 6.30. The largest absolute Gasteiger partial charge is 0.449 e. The lowest BCUT2D eigenvalue weighted by Crippen LogP contribution is -2.31. The van der Waals surface area contributed by atoms with Gasteiger partial charge in [0.25, 0.3) is 5.91 Å². The number of hydrogen-bond acceptors (Lipinski definition) is 4. The van der Waals surface area contributed by atoms with Crippen molar-refractivity contribution in [1.82, 2.24) is 4.98 Å². The van der Waals surface area contributed by atoms with Gasteiger partial charge in [-0.3, -0.25) is 4.79 Å². The molecule has 4 rings (SSSR count). The molecule has 0 aliphatic heterocycles. The van der Waals surface area contributed by atoms with Gasteiger partial charge in [-0.25, -0.2) is 9.78 Å². The maximum Gasteiger partial charge on any atom is 0.339 e. The van der Waals surface area contributed by atoms with Crippen molar-refractivity contribution in [3.05, 3.63) is 75.9 Å². The molecule has 1 aliphatic carbocycles. The predicted octanol–water partition coefficient (Wildman–Crippen LogP) is 4.80. The zero-order chi connectivity index (χ0) is 21.3. The van der Waals surface area contributed by atoms with E-state index in [2.05, 4.69) is 6.08 Å². The molecule has 2 aromatic carbocycles. The maximum absolute atomic E-state index is 13.1. The van der Waals surface area contributed by atoms with E-state index in [1.165, 1.54) is 6.92 Å². The smallest absolute Gasteiger partial charge is 0.339 e. The fraction of sp³-hybridized carbons (Fsp3) is 0.208. The normalized spacial score (nSPS) is 15.6. The Hall–Kier alpha value is -3.18. The molecule has 0 saturated heterocycles. The SMILES string of the molecule is C[C@H](OC(=O)c1c2c(nc3ccccc13)/C(=C/c1ccc(Cl)cc1)CCC2)C(N)=O. The molecule has 1 atom stereocenters. The van der Waals surface area contributed by atoms with Gasteiger partial charge in [-0.2, -0.15) is 0 Å². The van der Waals surface area contributed by atoms with Crippen molar-refractivity contribution in [3.8, 4) is 0 Å². The second-order valence-corrected chi connectivity index (χ2v) is 7.79. The number of carbonyl (C=O) groups is 2. The van der Waals surface area contributed by atoms with Crippen LogP contribution in [0, 0.1) is 0 Å². The van der Waals surface area contributed by atoms with Crippen molar-refractivity contribution in [2.45, 2.75) is 32.3 Å². The lowest BCUT2D eigenvalue weighted by atomic mass is 9.86. The number of carbonyl (C=O) groups excluding carboxylic acids is 2. The number of fused-ring (bicyclic) bond motifs is 2. The van der Waals surface area contributed by atoms with E-state index < -0.39 is 18.0 Å². The summed E-state index contributed by atoms with van der Waals surface area (Å²) in [7, 11) is 0.